The largest absolute Gasteiger partial charge is 0.466 e. The molecule has 3 aromatic heterocycles. The minimum Gasteiger partial charge on any atom is -0.466 e. The van der Waals surface area contributed by atoms with Crippen LogP contribution in [0.15, 0.2) is 144 Å². The number of halogens is 2. The van der Waals surface area contributed by atoms with E-state index in [4.69, 9.17) is 55.8 Å². The summed E-state index contributed by atoms with van der Waals surface area (Å²) in [5.74, 6) is 0.905. The predicted octanol–water partition coefficient (Wildman–Crippen LogP) is 6.19. The number of carbonyl (C=O) groups excluding carboxylic acids is 3. The van der Waals surface area contributed by atoms with Crippen LogP contribution in [-0.2, 0) is 51.2 Å². The van der Waals surface area contributed by atoms with Gasteiger partial charge in [-0.1, -0.05) is 77.5 Å². The van der Waals surface area contributed by atoms with Crippen LogP contribution < -0.4 is 21.1 Å². The van der Waals surface area contributed by atoms with E-state index in [9.17, 15) is 18.8 Å². The number of nitrogens with zero attached hydrogens (tertiary/aromatic N) is 11. The number of piperidine rings is 1. The van der Waals surface area contributed by atoms with Crippen molar-refractivity contribution in [2.75, 3.05) is 118 Å². The summed E-state index contributed by atoms with van der Waals surface area (Å²) in [5, 5.41) is 20.4. The van der Waals surface area contributed by atoms with Crippen molar-refractivity contribution in [3.05, 3.63) is 167 Å². The van der Waals surface area contributed by atoms with Gasteiger partial charge >= 0.3 is 5.97 Å². The van der Waals surface area contributed by atoms with Gasteiger partial charge in [0.2, 0.25) is 11.8 Å². The Labute approximate surface area is 507 Å². The second-order valence-corrected chi connectivity index (χ2v) is 21.2. The molecule has 3 aliphatic heterocycles. The number of nitrogen functional groups attached to an aromatic ring is 1. The fraction of sp³-hybridized carbons (Fsp3) is 0.371. The predicted molar refractivity (Wildman–Crippen MR) is 323 cm³/mol. The number of aromatic nitrogens is 7. The van der Waals surface area contributed by atoms with Crippen LogP contribution >= 0.6 is 11.6 Å². The highest BCUT2D eigenvalue weighted by Gasteiger charge is 2.34. The summed E-state index contributed by atoms with van der Waals surface area (Å²) in [6.07, 6.45) is 8.50. The maximum absolute atomic E-state index is 14.0. The smallest absolute Gasteiger partial charge is 0.338 e. The molecular weight excluding hydrogens is 1140 g/mol. The molecule has 87 heavy (non-hydrogen) atoms. The number of fused-ring (bicyclic) bond motifs is 1. The van der Waals surface area contributed by atoms with Crippen molar-refractivity contribution in [2.45, 2.75) is 38.1 Å². The zero-order valence-electron chi connectivity index (χ0n) is 48.3. The number of nitrogens with one attached hydrogen (secondary N) is 2. The van der Waals surface area contributed by atoms with Crippen LogP contribution in [0.25, 0.3) is 22.3 Å². The van der Waals surface area contributed by atoms with Crippen LogP contribution in [0, 0.1) is 5.82 Å². The number of piperazine rings is 1. The summed E-state index contributed by atoms with van der Waals surface area (Å²) in [7, 11) is 1.27. The van der Waals surface area contributed by atoms with Gasteiger partial charge in [0.25, 0.3) is 0 Å². The van der Waals surface area contributed by atoms with Crippen LogP contribution in [0.1, 0.15) is 41.7 Å². The molecule has 10 rings (SSSR count). The number of likely N-dealkylation sites (tertiary alicyclic amines) is 1. The van der Waals surface area contributed by atoms with Gasteiger partial charge in [0, 0.05) is 86.7 Å². The van der Waals surface area contributed by atoms with Gasteiger partial charge < -0.3 is 49.7 Å². The van der Waals surface area contributed by atoms with E-state index in [0.717, 1.165) is 62.4 Å². The number of hydrogen-bond donors (Lipinski definition) is 3. The molecule has 4 aromatic carbocycles. The lowest BCUT2D eigenvalue weighted by Crippen LogP contribution is -2.48. The number of benzene rings is 4. The quantitative estimate of drug-likeness (QED) is 0.0281. The molecule has 456 valence electrons. The fourth-order valence-electron chi connectivity index (χ4n) is 10.4. The number of aliphatic imine (C=N–C) groups is 1. The van der Waals surface area contributed by atoms with Gasteiger partial charge in [-0.25, -0.2) is 28.5 Å². The van der Waals surface area contributed by atoms with Crippen molar-refractivity contribution in [3.8, 4) is 22.8 Å². The van der Waals surface area contributed by atoms with Gasteiger partial charge in [-0.15, -0.1) is 5.10 Å². The Morgan fingerprint density at radius 2 is 1.55 bits per heavy atom. The lowest BCUT2D eigenvalue weighted by Gasteiger charge is -2.34. The van der Waals surface area contributed by atoms with E-state index in [2.05, 4.69) is 40.7 Å². The molecule has 3 aliphatic rings. The first-order valence-electron chi connectivity index (χ1n) is 28.9. The molecule has 0 radical (unpaired) electrons. The molecule has 0 bridgehead atoms. The maximum Gasteiger partial charge on any atom is 0.338 e. The van der Waals surface area contributed by atoms with Crippen molar-refractivity contribution in [1.29, 1.82) is 0 Å². The molecule has 2 fully saturated rings. The Balaban J connectivity index is 0.560. The van der Waals surface area contributed by atoms with Crippen LogP contribution in [0.3, 0.4) is 0 Å². The number of ether oxygens (including phenoxy) is 6. The molecule has 0 aliphatic carbocycles. The first-order chi connectivity index (χ1) is 42.6. The zero-order valence-corrected chi connectivity index (χ0v) is 49.1. The molecule has 2 amide bonds. The number of para-hydroxylation sites is 1. The summed E-state index contributed by atoms with van der Waals surface area (Å²) >= 11 is 6.48. The molecule has 1 unspecified atom stereocenters. The number of rotatable bonds is 28. The molecule has 2 atom stereocenters. The number of nitrogens with two attached hydrogens (primary N) is 1. The van der Waals surface area contributed by atoms with E-state index in [-0.39, 0.29) is 54.9 Å². The second-order valence-electron chi connectivity index (χ2n) is 20.8. The SMILES string of the molecule is COC(=O)C1=C(COCc2cn(CCOCCOCCOCC(=O)NCCN3CCN(C/C=C/C(=O)N4CCC[C@@H](n5nc(-c6ccc(Oc7ccccc7)cc6)c6c(N)ncnc65)C4)CC3)nn2)NC(c2ccccc2)=NC1c1ccc(F)cc1Cl. The summed E-state index contributed by atoms with van der Waals surface area (Å²) in [5.41, 5.74) is 11.0. The van der Waals surface area contributed by atoms with Gasteiger partial charge in [-0.05, 0) is 61.4 Å². The Hall–Kier alpha value is -8.49. The van der Waals surface area contributed by atoms with Gasteiger partial charge in [-0.2, -0.15) is 5.10 Å². The van der Waals surface area contributed by atoms with Crippen molar-refractivity contribution in [3.63, 3.8) is 0 Å². The molecule has 6 heterocycles. The number of carbonyl (C=O) groups is 3. The van der Waals surface area contributed by atoms with Crippen molar-refractivity contribution in [1.82, 2.24) is 60.1 Å². The van der Waals surface area contributed by atoms with E-state index in [1.54, 1.807) is 17.0 Å². The molecule has 0 spiro atoms. The van der Waals surface area contributed by atoms with E-state index in [0.29, 0.717) is 110 Å². The molecular formula is C62H70ClFN14O9. The fourth-order valence-corrected chi connectivity index (χ4v) is 10.7. The number of hydrogen-bond acceptors (Lipinski definition) is 19. The standard InChI is InChI=1S/C62H70ClFN14O9/c1-82-62(81)55-52(69-60(44-10-4-2-5-11-44)70-58(55)50-21-18-45(64)36-51(50)63)40-86-39-46-37-77(73-71-46)30-31-83-32-33-84-34-35-85-41-53(79)66-22-25-75-28-26-74(27-29-75)23-9-15-54(80)76-24-8-12-47(38-76)78-61-56(59(65)67-42-68-61)57(72-78)43-16-19-49(20-17-43)87-48-13-6-3-7-14-48/h2-7,9-11,13-21,36-37,42,47,58H,8,12,22-35,38-41H2,1H3,(H,66,79)(H,69,70)(H2,65,67,68)/b15-9+/t47-,58?/m1/s1. The summed E-state index contributed by atoms with van der Waals surface area (Å²) in [6.45, 7) is 8.54. The normalized spacial score (nSPS) is 16.7. The number of amidine groups is 1. The van der Waals surface area contributed by atoms with Gasteiger partial charge in [0.1, 0.15) is 59.3 Å². The zero-order chi connectivity index (χ0) is 60.3. The van der Waals surface area contributed by atoms with Crippen molar-refractivity contribution < 1.29 is 47.2 Å². The monoisotopic (exact) mass is 1210 g/mol. The number of methoxy groups -OCH3 is 1. The van der Waals surface area contributed by atoms with E-state index >= 15 is 0 Å². The molecule has 0 saturated carbocycles. The number of esters is 1. The van der Waals surface area contributed by atoms with Crippen LogP contribution in [-0.4, -0.2) is 185 Å². The number of anilines is 1. The van der Waals surface area contributed by atoms with Crippen LogP contribution in [0.4, 0.5) is 10.2 Å². The third-order valence-corrected chi connectivity index (χ3v) is 15.2. The van der Waals surface area contributed by atoms with Gasteiger partial charge in [-0.3, -0.25) is 24.4 Å². The third kappa shape index (κ3) is 16.7. The highest BCUT2D eigenvalue weighted by molar-refractivity contribution is 6.31. The minimum absolute atomic E-state index is 0.0280. The van der Waals surface area contributed by atoms with Gasteiger partial charge in [0.15, 0.2) is 5.65 Å². The Kier molecular flexibility index (Phi) is 21.8. The lowest BCUT2D eigenvalue weighted by molar-refractivity contribution is -0.136. The first kappa shape index (κ1) is 61.6. The third-order valence-electron chi connectivity index (χ3n) is 14.9. The Morgan fingerprint density at radius 3 is 2.32 bits per heavy atom. The molecule has 25 heteroatoms. The average Bonchev–Trinajstić information content (AvgIpc) is 3.16. The lowest BCUT2D eigenvalue weighted by atomic mass is 9.95. The highest BCUT2D eigenvalue weighted by atomic mass is 35.5. The van der Waals surface area contributed by atoms with Crippen LogP contribution in [0.5, 0.6) is 11.5 Å². The molecule has 2 saturated heterocycles. The minimum atomic E-state index is -0.895. The average molecular weight is 1210 g/mol. The Morgan fingerprint density at radius 1 is 0.816 bits per heavy atom. The van der Waals surface area contributed by atoms with E-state index < -0.39 is 17.8 Å². The van der Waals surface area contributed by atoms with Crippen molar-refractivity contribution in [2.24, 2.45) is 4.99 Å². The van der Waals surface area contributed by atoms with Crippen molar-refractivity contribution >= 4 is 52.1 Å². The summed E-state index contributed by atoms with van der Waals surface area (Å²) < 4.78 is 51.6. The second kappa shape index (κ2) is 30.7. The first-order valence-corrected chi connectivity index (χ1v) is 29.3. The van der Waals surface area contributed by atoms with E-state index in [1.165, 1.54) is 31.6 Å². The highest BCUT2D eigenvalue weighted by Crippen LogP contribution is 2.38. The maximum atomic E-state index is 14.0. The van der Waals surface area contributed by atoms with Crippen LogP contribution in [0.2, 0.25) is 5.02 Å². The van der Waals surface area contributed by atoms with E-state index in [1.807, 2.05) is 101 Å². The Bertz CT molecular complexity index is 3530. The summed E-state index contributed by atoms with van der Waals surface area (Å²) in [4.78, 5) is 59.4. The number of amides is 2. The summed E-state index contributed by atoms with van der Waals surface area (Å²) in [6, 6.07) is 29.6. The molecule has 4 N–H and O–H groups in total. The van der Waals surface area contributed by atoms with Gasteiger partial charge in [0.05, 0.1) is 88.8 Å². The topological polar surface area (TPSA) is 253 Å². The molecule has 23 nitrogen and oxygen atoms in total. The molecule has 7 aromatic rings.